The molecule has 0 bridgehead atoms. The molecule has 1 aliphatic carbocycles. The molecule has 21 heavy (non-hydrogen) atoms. The molecule has 0 radical (unpaired) electrons. The van der Waals surface area contributed by atoms with E-state index in [0.29, 0.717) is 31.5 Å². The van der Waals surface area contributed by atoms with Gasteiger partial charge in [0.25, 0.3) is 5.69 Å². The van der Waals surface area contributed by atoms with Crippen LogP contribution in [0.4, 0.5) is 11.4 Å². The van der Waals surface area contributed by atoms with E-state index in [2.05, 4.69) is 0 Å². The fourth-order valence-electron chi connectivity index (χ4n) is 3.33. The molecule has 1 amide bonds. The lowest BCUT2D eigenvalue weighted by atomic mass is 9.97. The first kappa shape index (κ1) is 14.0. The number of carbonyl (C=O) groups excluding carboxylic acids is 1. The summed E-state index contributed by atoms with van der Waals surface area (Å²) in [5, 5.41) is 21.2. The number of hydrogen-bond acceptors (Lipinski definition) is 4. The molecular weight excluding hydrogens is 272 g/mol. The molecule has 112 valence electrons. The van der Waals surface area contributed by atoms with Crippen molar-refractivity contribution in [3.05, 3.63) is 33.9 Å². The number of nitro groups is 1. The maximum absolute atomic E-state index is 12.4. The van der Waals surface area contributed by atoms with Crippen molar-refractivity contribution in [1.82, 2.24) is 0 Å². The van der Waals surface area contributed by atoms with E-state index in [1.165, 1.54) is 12.1 Å². The molecular formula is C15H18N2O4. The van der Waals surface area contributed by atoms with Crippen molar-refractivity contribution in [3.63, 3.8) is 0 Å². The monoisotopic (exact) mass is 290 g/mol. The van der Waals surface area contributed by atoms with Crippen LogP contribution >= 0.6 is 0 Å². The average Bonchev–Trinajstić information content (AvgIpc) is 3.04. The third kappa shape index (κ3) is 2.63. The van der Waals surface area contributed by atoms with E-state index >= 15 is 0 Å². The normalized spacial score (nSPS) is 19.6. The molecule has 6 nitrogen and oxygen atoms in total. The van der Waals surface area contributed by atoms with Gasteiger partial charge < -0.3 is 10.0 Å². The van der Waals surface area contributed by atoms with Crippen LogP contribution in [0, 0.1) is 10.1 Å². The highest BCUT2D eigenvalue weighted by molar-refractivity contribution is 5.96. The van der Waals surface area contributed by atoms with Crippen LogP contribution in [0.15, 0.2) is 18.2 Å². The smallest absolute Gasteiger partial charge is 0.271 e. The molecule has 0 aromatic heterocycles. The molecule has 1 fully saturated rings. The summed E-state index contributed by atoms with van der Waals surface area (Å²) in [4.78, 5) is 24.4. The highest BCUT2D eigenvalue weighted by atomic mass is 16.6. The van der Waals surface area contributed by atoms with Crippen LogP contribution in [-0.4, -0.2) is 28.1 Å². The van der Waals surface area contributed by atoms with Gasteiger partial charge in [-0.3, -0.25) is 14.9 Å². The maximum Gasteiger partial charge on any atom is 0.271 e. The summed E-state index contributed by atoms with van der Waals surface area (Å²) in [5.74, 6) is -0.140. The van der Waals surface area contributed by atoms with Gasteiger partial charge in [-0.15, -0.1) is 0 Å². The van der Waals surface area contributed by atoms with E-state index in [1.807, 2.05) is 0 Å². The van der Waals surface area contributed by atoms with Gasteiger partial charge in [0.1, 0.15) is 0 Å². The Labute approximate surface area is 122 Å². The maximum atomic E-state index is 12.4. The van der Waals surface area contributed by atoms with Crippen LogP contribution in [0.3, 0.4) is 0 Å². The minimum absolute atomic E-state index is 0.00646. The number of benzene rings is 1. The zero-order chi connectivity index (χ0) is 15.0. The topological polar surface area (TPSA) is 83.7 Å². The average molecular weight is 290 g/mol. The molecule has 0 unspecified atom stereocenters. The number of fused-ring (bicyclic) bond motifs is 1. The fourth-order valence-corrected chi connectivity index (χ4v) is 3.33. The molecule has 0 atom stereocenters. The Morgan fingerprint density at radius 1 is 1.38 bits per heavy atom. The van der Waals surface area contributed by atoms with E-state index in [0.717, 1.165) is 18.4 Å². The Bertz CT molecular complexity index is 593. The van der Waals surface area contributed by atoms with Crippen molar-refractivity contribution in [2.75, 3.05) is 11.4 Å². The van der Waals surface area contributed by atoms with Crippen molar-refractivity contribution in [3.8, 4) is 0 Å². The van der Waals surface area contributed by atoms with Gasteiger partial charge in [-0.1, -0.05) is 18.9 Å². The standard InChI is InChI=1S/C15H18N2O4/c18-14(10-15(19)6-1-2-7-15)16-8-5-11-3-4-12(17(20)21)9-13(11)16/h3-4,9,19H,1-2,5-8,10H2. The lowest BCUT2D eigenvalue weighted by molar-refractivity contribution is -0.384. The number of non-ortho nitro benzene ring substituents is 1. The van der Waals surface area contributed by atoms with Gasteiger partial charge in [-0.2, -0.15) is 0 Å². The van der Waals surface area contributed by atoms with Crippen LogP contribution in [-0.2, 0) is 11.2 Å². The number of aliphatic hydroxyl groups is 1. The largest absolute Gasteiger partial charge is 0.389 e. The molecule has 1 aromatic carbocycles. The molecule has 3 rings (SSSR count). The number of carbonyl (C=O) groups is 1. The summed E-state index contributed by atoms with van der Waals surface area (Å²) < 4.78 is 0. The Morgan fingerprint density at radius 3 is 2.76 bits per heavy atom. The second kappa shape index (κ2) is 5.11. The van der Waals surface area contributed by atoms with Crippen molar-refractivity contribution < 1.29 is 14.8 Å². The van der Waals surface area contributed by atoms with Crippen molar-refractivity contribution in [2.24, 2.45) is 0 Å². The Kier molecular flexibility index (Phi) is 3.41. The summed E-state index contributed by atoms with van der Waals surface area (Å²) in [6, 6.07) is 4.64. The molecule has 1 heterocycles. The van der Waals surface area contributed by atoms with Crippen LogP contribution in [0.25, 0.3) is 0 Å². The van der Waals surface area contributed by atoms with Crippen LogP contribution < -0.4 is 4.90 Å². The summed E-state index contributed by atoms with van der Waals surface area (Å²) in [5.41, 5.74) is 0.678. The third-order valence-electron chi connectivity index (χ3n) is 4.49. The second-order valence-corrected chi connectivity index (χ2v) is 5.97. The minimum Gasteiger partial charge on any atom is -0.389 e. The van der Waals surface area contributed by atoms with E-state index in [-0.39, 0.29) is 18.0 Å². The van der Waals surface area contributed by atoms with Crippen molar-refractivity contribution >= 4 is 17.3 Å². The fraction of sp³-hybridized carbons (Fsp3) is 0.533. The second-order valence-electron chi connectivity index (χ2n) is 5.97. The third-order valence-corrected chi connectivity index (χ3v) is 4.49. The van der Waals surface area contributed by atoms with Crippen molar-refractivity contribution in [2.45, 2.75) is 44.1 Å². The van der Waals surface area contributed by atoms with Crippen molar-refractivity contribution in [1.29, 1.82) is 0 Å². The lowest BCUT2D eigenvalue weighted by Crippen LogP contribution is -2.37. The van der Waals surface area contributed by atoms with Crippen LogP contribution in [0.5, 0.6) is 0 Å². The van der Waals surface area contributed by atoms with E-state index in [4.69, 9.17) is 0 Å². The summed E-state index contributed by atoms with van der Waals surface area (Å²) in [6.07, 6.45) is 4.03. The highest BCUT2D eigenvalue weighted by Gasteiger charge is 2.36. The quantitative estimate of drug-likeness (QED) is 0.683. The number of hydrogen-bond donors (Lipinski definition) is 1. The summed E-state index contributed by atoms with van der Waals surface area (Å²) in [6.45, 7) is 0.533. The van der Waals surface area contributed by atoms with Crippen LogP contribution in [0.1, 0.15) is 37.7 Å². The number of amides is 1. The minimum atomic E-state index is -0.888. The Hall–Kier alpha value is -1.95. The van der Waals surface area contributed by atoms with Crippen LogP contribution in [0.2, 0.25) is 0 Å². The molecule has 2 aliphatic rings. The molecule has 1 saturated carbocycles. The van der Waals surface area contributed by atoms with E-state index < -0.39 is 10.5 Å². The first-order valence-electron chi connectivity index (χ1n) is 7.29. The molecule has 1 aliphatic heterocycles. The van der Waals surface area contributed by atoms with Gasteiger partial charge in [-0.05, 0) is 24.8 Å². The number of nitro benzene ring substituents is 1. The summed E-state index contributed by atoms with van der Waals surface area (Å²) >= 11 is 0. The van der Waals surface area contributed by atoms with Gasteiger partial charge in [0.15, 0.2) is 0 Å². The number of anilines is 1. The predicted molar refractivity (Wildman–Crippen MR) is 77.2 cm³/mol. The SMILES string of the molecule is O=C(CC1(O)CCCC1)N1CCc2ccc([N+](=O)[O-])cc21. The van der Waals surface area contributed by atoms with Gasteiger partial charge >= 0.3 is 0 Å². The number of rotatable bonds is 3. The molecule has 1 aromatic rings. The first-order valence-corrected chi connectivity index (χ1v) is 7.29. The molecule has 0 spiro atoms. The number of nitrogens with zero attached hydrogens (tertiary/aromatic N) is 2. The zero-order valence-electron chi connectivity index (χ0n) is 11.7. The predicted octanol–water partition coefficient (Wildman–Crippen LogP) is 2.18. The van der Waals surface area contributed by atoms with Gasteiger partial charge in [0.05, 0.1) is 22.6 Å². The van der Waals surface area contributed by atoms with E-state index in [1.54, 1.807) is 11.0 Å². The summed E-state index contributed by atoms with van der Waals surface area (Å²) in [7, 11) is 0. The van der Waals surface area contributed by atoms with Gasteiger partial charge in [0.2, 0.25) is 5.91 Å². The Balaban J connectivity index is 1.81. The molecule has 6 heteroatoms. The zero-order valence-corrected chi connectivity index (χ0v) is 11.7. The van der Waals surface area contributed by atoms with Gasteiger partial charge in [-0.25, -0.2) is 0 Å². The molecule has 0 saturated heterocycles. The highest BCUT2D eigenvalue weighted by Crippen LogP contribution is 2.36. The Morgan fingerprint density at radius 2 is 2.10 bits per heavy atom. The lowest BCUT2D eigenvalue weighted by Gasteiger charge is -2.25. The molecule has 1 N–H and O–H groups in total. The van der Waals surface area contributed by atoms with E-state index in [9.17, 15) is 20.0 Å². The first-order chi connectivity index (χ1) is 9.98. The van der Waals surface area contributed by atoms with Gasteiger partial charge in [0, 0.05) is 18.7 Å².